The molecule has 2 aromatic carbocycles. The summed E-state index contributed by atoms with van der Waals surface area (Å²) in [6, 6.07) is 12.4. The third-order valence-electron chi connectivity index (χ3n) is 11.4. The van der Waals surface area contributed by atoms with Gasteiger partial charge in [-0.2, -0.15) is 18.3 Å². The van der Waals surface area contributed by atoms with Gasteiger partial charge in [0, 0.05) is 91.2 Å². The minimum Gasteiger partial charge on any atom is -0.386 e. The molecule has 3 fully saturated rings. The van der Waals surface area contributed by atoms with E-state index in [0.717, 1.165) is 92.4 Å². The van der Waals surface area contributed by atoms with E-state index in [2.05, 4.69) is 36.5 Å². The van der Waals surface area contributed by atoms with Crippen LogP contribution in [0.2, 0.25) is 0 Å². The van der Waals surface area contributed by atoms with Crippen molar-refractivity contribution in [3.63, 3.8) is 0 Å². The number of nitrogens with one attached hydrogen (secondary N) is 2. The number of fused-ring (bicyclic) bond motifs is 2. The summed E-state index contributed by atoms with van der Waals surface area (Å²) in [5, 5.41) is 23.6. The maximum atomic E-state index is 13.3. The number of benzene rings is 2. The van der Waals surface area contributed by atoms with Crippen molar-refractivity contribution in [1.29, 1.82) is 0 Å². The number of piperazine rings is 1. The smallest absolute Gasteiger partial charge is 0.386 e. The number of imide groups is 1. The van der Waals surface area contributed by atoms with E-state index in [0.29, 0.717) is 29.2 Å². The number of anilines is 3. The molecule has 13 nitrogen and oxygen atoms in total. The Bertz CT molecular complexity index is 2340. The number of nitrogens with zero attached hydrogens (tertiary/aromatic N) is 7. The van der Waals surface area contributed by atoms with Crippen molar-refractivity contribution in [2.75, 3.05) is 54.4 Å². The maximum absolute atomic E-state index is 13.3. The summed E-state index contributed by atoms with van der Waals surface area (Å²) in [4.78, 5) is 51.9. The number of amides is 4. The van der Waals surface area contributed by atoms with Gasteiger partial charge in [-0.25, -0.2) is 9.78 Å². The Labute approximate surface area is 326 Å². The van der Waals surface area contributed by atoms with Gasteiger partial charge in [-0.05, 0) is 75.8 Å². The molecular formula is C41H44F3N9O4. The third kappa shape index (κ3) is 8.01. The number of carbonyl (C=O) groups excluding carboxylic acids is 3. The first kappa shape index (κ1) is 38.3. The number of carbonyl (C=O) groups is 3. The SMILES string of the molecule is CC(C)(O)c1cc2nn(C3CCC(CN4CCN(c5cccc6c(N7CCC(=O)NC7=O)cncc56)CC4)CC3)cc2cc1NC(=O)c1cccc(C(F)(F)F)n1. The van der Waals surface area contributed by atoms with Crippen LogP contribution in [0.4, 0.5) is 35.0 Å². The molecule has 16 heteroatoms. The zero-order valence-electron chi connectivity index (χ0n) is 31.7. The maximum Gasteiger partial charge on any atom is 0.433 e. The molecule has 298 valence electrons. The molecule has 1 aliphatic carbocycles. The number of aromatic nitrogens is 4. The fraction of sp³-hybridized carbons (Fsp3) is 0.415. The van der Waals surface area contributed by atoms with Crippen molar-refractivity contribution in [3.05, 3.63) is 84.1 Å². The Morgan fingerprint density at radius 2 is 1.68 bits per heavy atom. The highest BCUT2D eigenvalue weighted by Gasteiger charge is 2.34. The highest BCUT2D eigenvalue weighted by Crippen LogP contribution is 2.38. The standard InChI is InChI=1S/C41H44F3N9O4/c1-40(2,57)30-20-32-26(19-33(30)47-38(55)31-6-4-8-36(46-31)41(42,43)44)24-53(49-32)27-11-9-25(10-12-27)23-50-15-17-51(18-16-50)34-7-3-5-28-29(34)21-45-22-35(28)52-14-13-37(54)48-39(52)56/h3-8,19-22,24-25,27,57H,9-18,23H2,1-2H3,(H,47,55)(H,48,54,56). The lowest BCUT2D eigenvalue weighted by Gasteiger charge is -2.39. The molecule has 0 unspecified atom stereocenters. The van der Waals surface area contributed by atoms with Crippen LogP contribution >= 0.6 is 0 Å². The molecule has 4 amide bonds. The van der Waals surface area contributed by atoms with Crippen LogP contribution in [0.25, 0.3) is 21.7 Å². The van der Waals surface area contributed by atoms with Crippen LogP contribution in [0.15, 0.2) is 67.1 Å². The molecule has 5 heterocycles. The topological polar surface area (TPSA) is 149 Å². The van der Waals surface area contributed by atoms with Crippen molar-refractivity contribution in [1.82, 2.24) is 30.0 Å². The average molecular weight is 784 g/mol. The number of hydrogen-bond donors (Lipinski definition) is 3. The predicted octanol–water partition coefficient (Wildman–Crippen LogP) is 6.48. The monoisotopic (exact) mass is 783 g/mol. The van der Waals surface area contributed by atoms with Crippen molar-refractivity contribution < 1.29 is 32.7 Å². The van der Waals surface area contributed by atoms with Gasteiger partial charge >= 0.3 is 12.2 Å². The van der Waals surface area contributed by atoms with E-state index in [1.54, 1.807) is 37.1 Å². The highest BCUT2D eigenvalue weighted by atomic mass is 19.4. The van der Waals surface area contributed by atoms with Gasteiger partial charge in [-0.15, -0.1) is 0 Å². The zero-order chi connectivity index (χ0) is 40.1. The van der Waals surface area contributed by atoms with Crippen molar-refractivity contribution in [2.45, 2.75) is 63.8 Å². The van der Waals surface area contributed by atoms with Gasteiger partial charge in [0.05, 0.1) is 29.0 Å². The van der Waals surface area contributed by atoms with Gasteiger partial charge in [-0.3, -0.25) is 34.4 Å². The average Bonchev–Trinajstić information content (AvgIpc) is 3.60. The van der Waals surface area contributed by atoms with E-state index in [1.165, 1.54) is 6.07 Å². The highest BCUT2D eigenvalue weighted by molar-refractivity contribution is 6.11. The van der Waals surface area contributed by atoms with Crippen LogP contribution in [-0.2, 0) is 16.6 Å². The molecule has 5 aromatic rings. The van der Waals surface area contributed by atoms with Gasteiger partial charge in [-0.1, -0.05) is 18.2 Å². The molecule has 0 atom stereocenters. The largest absolute Gasteiger partial charge is 0.433 e. The summed E-state index contributed by atoms with van der Waals surface area (Å²) in [6.45, 7) is 8.07. The summed E-state index contributed by atoms with van der Waals surface area (Å²) in [6.07, 6.45) is 5.03. The van der Waals surface area contributed by atoms with Crippen LogP contribution in [0.3, 0.4) is 0 Å². The van der Waals surface area contributed by atoms with Crippen molar-refractivity contribution in [2.24, 2.45) is 5.92 Å². The molecule has 0 bridgehead atoms. The number of urea groups is 1. The molecule has 3 N–H and O–H groups in total. The number of aliphatic hydroxyl groups is 1. The second-order valence-corrected chi connectivity index (χ2v) is 15.7. The molecule has 0 radical (unpaired) electrons. The van der Waals surface area contributed by atoms with Gasteiger partial charge in [0.1, 0.15) is 11.4 Å². The number of hydrogen-bond acceptors (Lipinski definition) is 9. The fourth-order valence-electron chi connectivity index (χ4n) is 8.37. The van der Waals surface area contributed by atoms with Gasteiger partial charge in [0.25, 0.3) is 5.91 Å². The quantitative estimate of drug-likeness (QED) is 0.161. The summed E-state index contributed by atoms with van der Waals surface area (Å²) >= 11 is 0. The number of halogens is 3. The molecule has 57 heavy (non-hydrogen) atoms. The van der Waals surface area contributed by atoms with Crippen molar-refractivity contribution >= 4 is 56.6 Å². The normalized spacial score (nSPS) is 20.0. The van der Waals surface area contributed by atoms with E-state index in [1.807, 2.05) is 29.2 Å². The number of alkyl halides is 3. The second-order valence-electron chi connectivity index (χ2n) is 15.7. The Morgan fingerprint density at radius 3 is 2.40 bits per heavy atom. The Morgan fingerprint density at radius 1 is 0.930 bits per heavy atom. The summed E-state index contributed by atoms with van der Waals surface area (Å²) < 4.78 is 41.7. The molecular weight excluding hydrogens is 740 g/mol. The van der Waals surface area contributed by atoms with Crippen LogP contribution in [-0.4, -0.2) is 86.9 Å². The Balaban J connectivity index is 0.888. The van der Waals surface area contributed by atoms with Gasteiger partial charge in [0.2, 0.25) is 5.91 Å². The first-order valence-corrected chi connectivity index (χ1v) is 19.3. The van der Waals surface area contributed by atoms with Crippen LogP contribution in [0, 0.1) is 5.92 Å². The molecule has 0 spiro atoms. The first-order chi connectivity index (χ1) is 27.2. The molecule has 2 aliphatic heterocycles. The zero-order valence-corrected chi connectivity index (χ0v) is 31.7. The Hall–Kier alpha value is -5.61. The number of rotatable bonds is 8. The lowest BCUT2D eigenvalue weighted by Crippen LogP contribution is -2.49. The van der Waals surface area contributed by atoms with Crippen LogP contribution in [0.5, 0.6) is 0 Å². The van der Waals surface area contributed by atoms with Crippen molar-refractivity contribution in [3.8, 4) is 0 Å². The number of pyridine rings is 2. The van der Waals surface area contributed by atoms with Crippen LogP contribution < -0.4 is 20.4 Å². The third-order valence-corrected chi connectivity index (χ3v) is 11.4. The molecule has 1 saturated carbocycles. The molecule has 8 rings (SSSR count). The van der Waals surface area contributed by atoms with Gasteiger partial charge < -0.3 is 15.3 Å². The minimum absolute atomic E-state index is 0.185. The van der Waals surface area contributed by atoms with E-state index in [4.69, 9.17) is 5.10 Å². The van der Waals surface area contributed by atoms with E-state index in [-0.39, 0.29) is 29.8 Å². The van der Waals surface area contributed by atoms with E-state index < -0.39 is 29.4 Å². The predicted molar refractivity (Wildman–Crippen MR) is 209 cm³/mol. The van der Waals surface area contributed by atoms with Gasteiger partial charge in [0.15, 0.2) is 0 Å². The minimum atomic E-state index is -4.69. The molecule has 3 aliphatic rings. The summed E-state index contributed by atoms with van der Waals surface area (Å²) in [5.41, 5.74) is 0.157. The van der Waals surface area contributed by atoms with E-state index >= 15 is 0 Å². The molecule has 2 saturated heterocycles. The first-order valence-electron chi connectivity index (χ1n) is 19.3. The van der Waals surface area contributed by atoms with E-state index in [9.17, 15) is 32.7 Å². The second kappa shape index (κ2) is 15.0. The fourth-order valence-corrected chi connectivity index (χ4v) is 8.37. The molecule has 3 aromatic heterocycles. The Kier molecular flexibility index (Phi) is 10.1. The summed E-state index contributed by atoms with van der Waals surface area (Å²) in [5.74, 6) is -0.534. The lowest BCUT2D eigenvalue weighted by atomic mass is 9.85. The summed E-state index contributed by atoms with van der Waals surface area (Å²) in [7, 11) is 0. The lowest BCUT2D eigenvalue weighted by molar-refractivity contribution is -0.141. The van der Waals surface area contributed by atoms with Crippen LogP contribution in [0.1, 0.15) is 73.7 Å².